The van der Waals surface area contributed by atoms with E-state index in [1.165, 1.54) is 4.90 Å². The Kier molecular flexibility index (Phi) is 3.35. The van der Waals surface area contributed by atoms with Crippen LogP contribution in [0.1, 0.15) is 12.0 Å². The van der Waals surface area contributed by atoms with Crippen molar-refractivity contribution in [2.24, 2.45) is 5.14 Å². The first-order valence-electron chi connectivity index (χ1n) is 5.36. The predicted octanol–water partition coefficient (Wildman–Crippen LogP) is 1.04. The summed E-state index contributed by atoms with van der Waals surface area (Å²) in [6.07, 6.45) is -0.0790. The van der Waals surface area contributed by atoms with Crippen LogP contribution in [0.2, 0.25) is 5.02 Å². The Morgan fingerprint density at radius 2 is 2.06 bits per heavy atom. The van der Waals surface area contributed by atoms with E-state index in [1.54, 1.807) is 18.2 Å². The van der Waals surface area contributed by atoms with Crippen molar-refractivity contribution >= 4 is 33.2 Å². The number of nitrogens with zero attached hydrogens (tertiary/aromatic N) is 1. The molecule has 0 spiro atoms. The number of aryl methyl sites for hydroxylation is 1. The Hall–Kier alpha value is -1.11. The predicted molar refractivity (Wildman–Crippen MR) is 70.1 cm³/mol. The fraction of sp³-hybridized carbons (Fsp3) is 0.364. The number of amides is 1. The number of rotatable bonds is 2. The molecule has 2 N–H and O–H groups in total. The Labute approximate surface area is 111 Å². The zero-order chi connectivity index (χ0) is 13.5. The van der Waals surface area contributed by atoms with Crippen molar-refractivity contribution in [3.8, 4) is 0 Å². The first-order valence-corrected chi connectivity index (χ1v) is 7.35. The van der Waals surface area contributed by atoms with Crippen LogP contribution >= 0.6 is 11.6 Å². The summed E-state index contributed by atoms with van der Waals surface area (Å²) in [5.41, 5.74) is 1.51. The number of nitrogens with two attached hydrogens (primary N) is 1. The van der Waals surface area contributed by atoms with E-state index in [2.05, 4.69) is 0 Å². The van der Waals surface area contributed by atoms with Crippen molar-refractivity contribution in [3.05, 3.63) is 28.8 Å². The highest BCUT2D eigenvalue weighted by molar-refractivity contribution is 7.89. The molecule has 1 fully saturated rings. The molecule has 1 atom stereocenters. The van der Waals surface area contributed by atoms with Gasteiger partial charge in [-0.1, -0.05) is 11.6 Å². The van der Waals surface area contributed by atoms with Gasteiger partial charge in [0.1, 0.15) is 5.25 Å². The lowest BCUT2D eigenvalue weighted by Crippen LogP contribution is -2.32. The number of hydrogen-bond donors (Lipinski definition) is 1. The summed E-state index contributed by atoms with van der Waals surface area (Å²) >= 11 is 5.92. The molecular weight excluding hydrogens is 276 g/mol. The van der Waals surface area contributed by atoms with Crippen LogP contribution in [0.5, 0.6) is 0 Å². The van der Waals surface area contributed by atoms with E-state index >= 15 is 0 Å². The van der Waals surface area contributed by atoms with Crippen LogP contribution in [-0.4, -0.2) is 26.1 Å². The number of anilines is 1. The molecule has 1 aliphatic rings. The van der Waals surface area contributed by atoms with Crippen LogP contribution in [0.4, 0.5) is 5.69 Å². The zero-order valence-corrected chi connectivity index (χ0v) is 11.3. The lowest BCUT2D eigenvalue weighted by atomic mass is 10.2. The number of sulfonamides is 1. The van der Waals surface area contributed by atoms with Crippen LogP contribution in [0, 0.1) is 6.92 Å². The summed E-state index contributed by atoms with van der Waals surface area (Å²) in [6, 6.07) is 5.19. The van der Waals surface area contributed by atoms with Crippen molar-refractivity contribution in [1.29, 1.82) is 0 Å². The third kappa shape index (κ3) is 2.66. The molecular formula is C11H13ClN2O3S. The van der Waals surface area contributed by atoms with Gasteiger partial charge >= 0.3 is 0 Å². The minimum Gasteiger partial charge on any atom is -0.311 e. The third-order valence-corrected chi connectivity index (χ3v) is 4.36. The molecule has 1 heterocycles. The minimum atomic E-state index is -3.69. The van der Waals surface area contributed by atoms with Gasteiger partial charge in [0.25, 0.3) is 0 Å². The van der Waals surface area contributed by atoms with Crippen molar-refractivity contribution in [2.45, 2.75) is 18.6 Å². The fourth-order valence-corrected chi connectivity index (χ4v) is 3.03. The summed E-state index contributed by atoms with van der Waals surface area (Å²) in [7, 11) is -3.69. The lowest BCUT2D eigenvalue weighted by molar-refractivity contribution is -0.117. The van der Waals surface area contributed by atoms with Crippen LogP contribution in [0.15, 0.2) is 18.2 Å². The van der Waals surface area contributed by atoms with E-state index in [0.717, 1.165) is 5.56 Å². The second kappa shape index (κ2) is 4.53. The maximum Gasteiger partial charge on any atom is 0.228 e. The molecule has 98 valence electrons. The number of carbonyl (C=O) groups excluding carboxylic acids is 1. The Morgan fingerprint density at radius 3 is 2.56 bits per heavy atom. The van der Waals surface area contributed by atoms with Gasteiger partial charge in [-0.15, -0.1) is 0 Å². The molecule has 0 aromatic heterocycles. The summed E-state index contributed by atoms with van der Waals surface area (Å²) < 4.78 is 22.5. The van der Waals surface area contributed by atoms with Crippen molar-refractivity contribution in [1.82, 2.24) is 0 Å². The van der Waals surface area contributed by atoms with E-state index in [4.69, 9.17) is 16.7 Å². The first kappa shape index (κ1) is 13.3. The van der Waals surface area contributed by atoms with Gasteiger partial charge in [-0.25, -0.2) is 13.6 Å². The van der Waals surface area contributed by atoms with Gasteiger partial charge in [-0.2, -0.15) is 0 Å². The molecule has 0 saturated carbocycles. The summed E-state index contributed by atoms with van der Waals surface area (Å²) in [4.78, 5) is 13.2. The first-order chi connectivity index (χ1) is 8.27. The highest BCUT2D eigenvalue weighted by Gasteiger charge is 2.37. The summed E-state index contributed by atoms with van der Waals surface area (Å²) in [5, 5.41) is 4.74. The normalized spacial score (nSPS) is 20.5. The van der Waals surface area contributed by atoms with Crippen LogP contribution in [0.3, 0.4) is 0 Å². The average molecular weight is 289 g/mol. The van der Waals surface area contributed by atoms with Crippen molar-refractivity contribution in [2.75, 3.05) is 11.4 Å². The highest BCUT2D eigenvalue weighted by Crippen LogP contribution is 2.27. The number of benzene rings is 1. The summed E-state index contributed by atoms with van der Waals surface area (Å²) in [5.74, 6) is -0.254. The smallest absolute Gasteiger partial charge is 0.228 e. The lowest BCUT2D eigenvalue weighted by Gasteiger charge is -2.17. The quantitative estimate of drug-likeness (QED) is 0.883. The van der Waals surface area contributed by atoms with Gasteiger partial charge in [0.05, 0.1) is 0 Å². The average Bonchev–Trinajstić information content (AvgIpc) is 2.58. The fourth-order valence-electron chi connectivity index (χ4n) is 2.02. The molecule has 0 bridgehead atoms. The standard InChI is InChI=1S/C11H13ClN2O3S/c1-7-2-8(12)4-9(3-7)14-6-10(5-11(14)15)18(13,16)17/h2-4,10H,5-6H2,1H3,(H2,13,16,17). The molecule has 18 heavy (non-hydrogen) atoms. The van der Waals surface area contributed by atoms with Crippen LogP contribution < -0.4 is 10.0 Å². The molecule has 1 amide bonds. The highest BCUT2D eigenvalue weighted by atomic mass is 35.5. The SMILES string of the molecule is Cc1cc(Cl)cc(N2CC(S(N)(=O)=O)CC2=O)c1. The Morgan fingerprint density at radius 1 is 1.39 bits per heavy atom. The third-order valence-electron chi connectivity index (χ3n) is 2.89. The number of hydrogen-bond acceptors (Lipinski definition) is 3. The van der Waals surface area contributed by atoms with Gasteiger partial charge in [-0.3, -0.25) is 4.79 Å². The molecule has 0 aliphatic carbocycles. The molecule has 1 aromatic rings. The van der Waals surface area contributed by atoms with E-state index in [9.17, 15) is 13.2 Å². The molecule has 0 radical (unpaired) electrons. The van der Waals surface area contributed by atoms with Gasteiger partial charge in [0, 0.05) is 23.7 Å². The molecule has 1 aromatic carbocycles. The van der Waals surface area contributed by atoms with Gasteiger partial charge < -0.3 is 4.90 Å². The van der Waals surface area contributed by atoms with Gasteiger partial charge in [0.2, 0.25) is 15.9 Å². The van der Waals surface area contributed by atoms with Gasteiger partial charge in [-0.05, 0) is 30.7 Å². The Bertz CT molecular complexity index is 580. The summed E-state index contributed by atoms with van der Waals surface area (Å²) in [6.45, 7) is 1.94. The van der Waals surface area contributed by atoms with Gasteiger partial charge in [0.15, 0.2) is 0 Å². The maximum absolute atomic E-state index is 11.8. The molecule has 1 unspecified atom stereocenters. The molecule has 1 aliphatic heterocycles. The van der Waals surface area contributed by atoms with Crippen LogP contribution in [-0.2, 0) is 14.8 Å². The van der Waals surface area contributed by atoms with Crippen molar-refractivity contribution < 1.29 is 13.2 Å². The maximum atomic E-state index is 11.8. The monoisotopic (exact) mass is 288 g/mol. The molecule has 5 nitrogen and oxygen atoms in total. The number of halogens is 1. The second-order valence-corrected chi connectivity index (χ2v) is 6.69. The second-order valence-electron chi connectivity index (χ2n) is 4.41. The topological polar surface area (TPSA) is 80.5 Å². The zero-order valence-electron chi connectivity index (χ0n) is 9.76. The van der Waals surface area contributed by atoms with Crippen LogP contribution in [0.25, 0.3) is 0 Å². The minimum absolute atomic E-state index is 0.0790. The Balaban J connectivity index is 2.32. The molecule has 7 heteroatoms. The van der Waals surface area contributed by atoms with E-state index in [1.807, 2.05) is 6.92 Å². The number of primary sulfonamides is 1. The van der Waals surface area contributed by atoms with E-state index < -0.39 is 15.3 Å². The molecule has 2 rings (SSSR count). The van der Waals surface area contributed by atoms with E-state index in [-0.39, 0.29) is 18.9 Å². The van der Waals surface area contributed by atoms with Crippen molar-refractivity contribution in [3.63, 3.8) is 0 Å². The van der Waals surface area contributed by atoms with E-state index in [0.29, 0.717) is 10.7 Å². The largest absolute Gasteiger partial charge is 0.311 e. The molecule has 1 saturated heterocycles. The number of carbonyl (C=O) groups is 1.